The summed E-state index contributed by atoms with van der Waals surface area (Å²) in [5.41, 5.74) is 4.21. The van der Waals surface area contributed by atoms with E-state index >= 15 is 0 Å². The number of para-hydroxylation sites is 1. The Morgan fingerprint density at radius 3 is 2.73 bits per heavy atom. The van der Waals surface area contributed by atoms with E-state index in [0.717, 1.165) is 41.4 Å². The molecule has 1 heterocycles. The standard InChI is InChI=1S/C24H21N3O3/c1-15-6-11-21-19(12-15)23(18-4-2-3-5-20(18)27-21)24(29)30-14-22(28)26-17-9-7-16(13-25)8-10-17/h2-5,7-10,15H,6,11-12,14H2,1H3,(H,26,28)/t15-/m0/s1. The quantitative estimate of drug-likeness (QED) is 0.669. The van der Waals surface area contributed by atoms with Crippen molar-refractivity contribution in [2.24, 2.45) is 5.92 Å². The molecule has 4 rings (SSSR count). The van der Waals surface area contributed by atoms with E-state index in [0.29, 0.717) is 22.7 Å². The highest BCUT2D eigenvalue weighted by Gasteiger charge is 2.26. The van der Waals surface area contributed by atoms with Gasteiger partial charge in [0.05, 0.1) is 22.7 Å². The van der Waals surface area contributed by atoms with E-state index in [2.05, 4.69) is 12.2 Å². The molecule has 30 heavy (non-hydrogen) atoms. The molecular formula is C24H21N3O3. The maximum Gasteiger partial charge on any atom is 0.339 e. The van der Waals surface area contributed by atoms with Crippen LogP contribution in [0.25, 0.3) is 10.9 Å². The second kappa shape index (κ2) is 8.34. The van der Waals surface area contributed by atoms with Gasteiger partial charge in [0.25, 0.3) is 5.91 Å². The van der Waals surface area contributed by atoms with Crippen molar-refractivity contribution in [3.8, 4) is 6.07 Å². The molecule has 0 radical (unpaired) electrons. The van der Waals surface area contributed by atoms with Crippen LogP contribution in [0.2, 0.25) is 0 Å². The number of nitrogens with zero attached hydrogens (tertiary/aromatic N) is 2. The molecular weight excluding hydrogens is 378 g/mol. The number of rotatable bonds is 4. The van der Waals surface area contributed by atoms with Crippen molar-refractivity contribution in [2.45, 2.75) is 26.2 Å². The lowest BCUT2D eigenvalue weighted by molar-refractivity contribution is -0.119. The molecule has 0 aliphatic heterocycles. The number of pyridine rings is 1. The zero-order valence-corrected chi connectivity index (χ0v) is 16.6. The first kappa shape index (κ1) is 19.6. The highest BCUT2D eigenvalue weighted by molar-refractivity contribution is 6.06. The third-order valence-corrected chi connectivity index (χ3v) is 5.34. The van der Waals surface area contributed by atoms with Crippen LogP contribution in [0, 0.1) is 17.2 Å². The molecule has 1 N–H and O–H groups in total. The maximum atomic E-state index is 13.0. The molecule has 3 aromatic rings. The van der Waals surface area contributed by atoms with Crippen molar-refractivity contribution in [1.82, 2.24) is 4.98 Å². The zero-order valence-electron chi connectivity index (χ0n) is 16.6. The number of fused-ring (bicyclic) bond motifs is 2. The van der Waals surface area contributed by atoms with Crippen molar-refractivity contribution < 1.29 is 14.3 Å². The number of carbonyl (C=O) groups excluding carboxylic acids is 2. The van der Waals surface area contributed by atoms with Crippen LogP contribution in [-0.2, 0) is 22.4 Å². The summed E-state index contributed by atoms with van der Waals surface area (Å²) in [4.78, 5) is 30.0. The van der Waals surface area contributed by atoms with Gasteiger partial charge in [0.2, 0.25) is 0 Å². The van der Waals surface area contributed by atoms with E-state index in [1.807, 2.05) is 30.3 Å². The first-order valence-corrected chi connectivity index (χ1v) is 9.93. The molecule has 0 bridgehead atoms. The Kier molecular flexibility index (Phi) is 5.44. The van der Waals surface area contributed by atoms with Gasteiger partial charge in [-0.25, -0.2) is 4.79 Å². The molecule has 0 saturated heterocycles. The molecule has 0 spiro atoms. The molecule has 1 aliphatic rings. The van der Waals surface area contributed by atoms with E-state index in [9.17, 15) is 9.59 Å². The first-order valence-electron chi connectivity index (χ1n) is 9.93. The van der Waals surface area contributed by atoms with Gasteiger partial charge in [0.15, 0.2) is 6.61 Å². The van der Waals surface area contributed by atoms with Crippen molar-refractivity contribution in [3.63, 3.8) is 0 Å². The molecule has 1 amide bonds. The summed E-state index contributed by atoms with van der Waals surface area (Å²) in [6, 6.07) is 16.0. The molecule has 0 unspecified atom stereocenters. The van der Waals surface area contributed by atoms with E-state index in [-0.39, 0.29) is 6.61 Å². The van der Waals surface area contributed by atoms with Gasteiger partial charge in [0, 0.05) is 16.8 Å². The summed E-state index contributed by atoms with van der Waals surface area (Å²) in [6.45, 7) is 1.78. The fraction of sp³-hybridized carbons (Fsp3) is 0.250. The Balaban J connectivity index is 1.53. The highest BCUT2D eigenvalue weighted by atomic mass is 16.5. The Morgan fingerprint density at radius 2 is 1.97 bits per heavy atom. The molecule has 0 fully saturated rings. The smallest absolute Gasteiger partial charge is 0.339 e. The SMILES string of the molecule is C[C@H]1CCc2nc3ccccc3c(C(=O)OCC(=O)Nc3ccc(C#N)cc3)c2C1. The molecule has 6 heteroatoms. The second-order valence-corrected chi connectivity index (χ2v) is 7.59. The second-order valence-electron chi connectivity index (χ2n) is 7.59. The van der Waals surface area contributed by atoms with Crippen LogP contribution in [0.1, 0.15) is 40.5 Å². The van der Waals surface area contributed by atoms with Crippen LogP contribution >= 0.6 is 0 Å². The highest BCUT2D eigenvalue weighted by Crippen LogP contribution is 2.32. The van der Waals surface area contributed by atoms with Crippen molar-refractivity contribution in [2.75, 3.05) is 11.9 Å². The topological polar surface area (TPSA) is 92.1 Å². The lowest BCUT2D eigenvalue weighted by Gasteiger charge is -2.24. The number of aryl methyl sites for hydroxylation is 1. The fourth-order valence-electron chi connectivity index (χ4n) is 3.82. The van der Waals surface area contributed by atoms with Gasteiger partial charge in [-0.3, -0.25) is 9.78 Å². The molecule has 0 saturated carbocycles. The van der Waals surface area contributed by atoms with Gasteiger partial charge in [-0.1, -0.05) is 25.1 Å². The number of hydrogen-bond acceptors (Lipinski definition) is 5. The van der Waals surface area contributed by atoms with Gasteiger partial charge in [0.1, 0.15) is 0 Å². The van der Waals surface area contributed by atoms with Gasteiger partial charge in [-0.2, -0.15) is 5.26 Å². The number of nitrogens with one attached hydrogen (secondary N) is 1. The minimum Gasteiger partial charge on any atom is -0.452 e. The summed E-state index contributed by atoms with van der Waals surface area (Å²) in [6.07, 6.45) is 2.65. The minimum absolute atomic E-state index is 0.389. The van der Waals surface area contributed by atoms with Crippen LogP contribution in [0.15, 0.2) is 48.5 Å². The normalized spacial score (nSPS) is 15.1. The van der Waals surface area contributed by atoms with Crippen LogP contribution in [0.5, 0.6) is 0 Å². The minimum atomic E-state index is -0.506. The molecule has 2 aromatic carbocycles. The number of hydrogen-bond donors (Lipinski definition) is 1. The number of ether oxygens (including phenoxy) is 1. The number of anilines is 1. The number of esters is 1. The third kappa shape index (κ3) is 4.01. The van der Waals surface area contributed by atoms with Gasteiger partial charge in [-0.05, 0) is 61.1 Å². The average molecular weight is 399 g/mol. The fourth-order valence-corrected chi connectivity index (χ4v) is 3.82. The molecule has 150 valence electrons. The van der Waals surface area contributed by atoms with Gasteiger partial charge < -0.3 is 10.1 Å². The monoisotopic (exact) mass is 399 g/mol. The Hall–Kier alpha value is -3.72. The predicted octanol–water partition coefficient (Wildman–Crippen LogP) is 4.03. The Bertz CT molecular complexity index is 1160. The lowest BCUT2D eigenvalue weighted by atomic mass is 9.84. The number of benzene rings is 2. The average Bonchev–Trinajstić information content (AvgIpc) is 2.76. The Morgan fingerprint density at radius 1 is 1.20 bits per heavy atom. The number of aromatic nitrogens is 1. The summed E-state index contributed by atoms with van der Waals surface area (Å²) >= 11 is 0. The van der Waals surface area contributed by atoms with Crippen molar-refractivity contribution in [1.29, 1.82) is 5.26 Å². The molecule has 6 nitrogen and oxygen atoms in total. The van der Waals surface area contributed by atoms with E-state index in [1.165, 1.54) is 0 Å². The van der Waals surface area contributed by atoms with Crippen molar-refractivity contribution in [3.05, 3.63) is 70.9 Å². The summed E-state index contributed by atoms with van der Waals surface area (Å²) in [7, 11) is 0. The van der Waals surface area contributed by atoms with Crippen LogP contribution < -0.4 is 5.32 Å². The van der Waals surface area contributed by atoms with Crippen LogP contribution in [0.4, 0.5) is 5.69 Å². The predicted molar refractivity (Wildman–Crippen MR) is 113 cm³/mol. The van der Waals surface area contributed by atoms with E-state index in [4.69, 9.17) is 15.0 Å². The maximum absolute atomic E-state index is 13.0. The van der Waals surface area contributed by atoms with Crippen molar-refractivity contribution >= 4 is 28.5 Å². The third-order valence-electron chi connectivity index (χ3n) is 5.34. The molecule has 1 aromatic heterocycles. The zero-order chi connectivity index (χ0) is 21.1. The number of amides is 1. The van der Waals surface area contributed by atoms with Crippen LogP contribution in [0.3, 0.4) is 0 Å². The van der Waals surface area contributed by atoms with Crippen LogP contribution in [-0.4, -0.2) is 23.5 Å². The largest absolute Gasteiger partial charge is 0.452 e. The lowest BCUT2D eigenvalue weighted by Crippen LogP contribution is -2.23. The summed E-state index contributed by atoms with van der Waals surface area (Å²) in [5, 5.41) is 12.3. The van der Waals surface area contributed by atoms with E-state index < -0.39 is 11.9 Å². The summed E-state index contributed by atoms with van der Waals surface area (Å²) < 4.78 is 5.39. The number of carbonyl (C=O) groups is 2. The molecule has 1 aliphatic carbocycles. The number of nitriles is 1. The first-order chi connectivity index (χ1) is 14.5. The summed E-state index contributed by atoms with van der Waals surface area (Å²) in [5.74, 6) is -0.478. The Labute approximate surface area is 174 Å². The van der Waals surface area contributed by atoms with E-state index in [1.54, 1.807) is 24.3 Å². The van der Waals surface area contributed by atoms with Gasteiger partial charge >= 0.3 is 5.97 Å². The van der Waals surface area contributed by atoms with Gasteiger partial charge in [-0.15, -0.1) is 0 Å². The molecule has 1 atom stereocenters.